The Kier molecular flexibility index (Phi) is 5.90. The van der Waals surface area contributed by atoms with Crippen LogP contribution in [0.2, 0.25) is 0 Å². The molecule has 1 fully saturated rings. The van der Waals surface area contributed by atoms with Crippen LogP contribution in [0.15, 0.2) is 46.9 Å². The van der Waals surface area contributed by atoms with Crippen molar-refractivity contribution in [3.63, 3.8) is 0 Å². The van der Waals surface area contributed by atoms with E-state index in [9.17, 15) is 14.0 Å². The van der Waals surface area contributed by atoms with E-state index in [1.807, 2.05) is 23.1 Å². The van der Waals surface area contributed by atoms with Gasteiger partial charge in [0.15, 0.2) is 5.76 Å². The predicted octanol–water partition coefficient (Wildman–Crippen LogP) is 3.10. The van der Waals surface area contributed by atoms with Gasteiger partial charge in [0.2, 0.25) is 0 Å². The van der Waals surface area contributed by atoms with E-state index in [0.29, 0.717) is 16.8 Å². The van der Waals surface area contributed by atoms with Gasteiger partial charge >= 0.3 is 5.91 Å². The Hall–Kier alpha value is -3.39. The van der Waals surface area contributed by atoms with Gasteiger partial charge < -0.3 is 14.2 Å². The number of hydrazine groups is 1. The molecule has 8 heteroatoms. The number of rotatable bonds is 4. The largest absolute Gasteiger partial charge is 0.451 e. The maximum absolute atomic E-state index is 14.7. The van der Waals surface area contributed by atoms with Gasteiger partial charge in [0, 0.05) is 42.7 Å². The molecule has 2 N–H and O–H groups in total. The molecular weight excluding hydrogens is 399 g/mol. The number of likely N-dealkylation sites (N-methyl/N-ethyl adjacent to an activating group) is 1. The highest BCUT2D eigenvalue weighted by Gasteiger charge is 2.21. The van der Waals surface area contributed by atoms with Gasteiger partial charge in [0.1, 0.15) is 11.4 Å². The van der Waals surface area contributed by atoms with E-state index >= 15 is 0 Å². The lowest BCUT2D eigenvalue weighted by Gasteiger charge is -2.35. The summed E-state index contributed by atoms with van der Waals surface area (Å²) in [7, 11) is 0. The Bertz CT molecular complexity index is 1120. The molecule has 2 aromatic carbocycles. The minimum absolute atomic E-state index is 0.120. The van der Waals surface area contributed by atoms with E-state index in [1.165, 1.54) is 6.07 Å². The average molecular weight is 424 g/mol. The van der Waals surface area contributed by atoms with E-state index in [0.717, 1.165) is 38.1 Å². The zero-order valence-electron chi connectivity index (χ0n) is 17.6. The van der Waals surface area contributed by atoms with Gasteiger partial charge in [-0.1, -0.05) is 25.1 Å². The van der Waals surface area contributed by atoms with E-state index in [2.05, 4.69) is 22.7 Å². The maximum Gasteiger partial charge on any atom is 0.305 e. The van der Waals surface area contributed by atoms with Crippen molar-refractivity contribution in [2.75, 3.05) is 37.6 Å². The smallest absolute Gasteiger partial charge is 0.305 e. The number of nitrogens with one attached hydrogen (secondary N) is 2. The summed E-state index contributed by atoms with van der Waals surface area (Å²) in [5.41, 5.74) is 6.53. The molecule has 4 rings (SSSR count). The van der Waals surface area contributed by atoms with Crippen LogP contribution in [0.3, 0.4) is 0 Å². The Labute approximate surface area is 179 Å². The van der Waals surface area contributed by atoms with Crippen LogP contribution in [-0.4, -0.2) is 49.4 Å². The van der Waals surface area contributed by atoms with Crippen LogP contribution in [0, 0.1) is 12.7 Å². The molecule has 2 heterocycles. The molecule has 2 amide bonds. The number of para-hydroxylation sites is 1. The normalized spacial score (nSPS) is 14.6. The SMILES string of the molecule is CCN1CCN(c2ccc(C(=O)NNC(=O)c3oc4ccccc4c3C)cc2F)CC1. The van der Waals surface area contributed by atoms with Crippen LogP contribution in [0.25, 0.3) is 11.0 Å². The zero-order valence-corrected chi connectivity index (χ0v) is 17.6. The van der Waals surface area contributed by atoms with Crippen LogP contribution < -0.4 is 15.8 Å². The van der Waals surface area contributed by atoms with Crippen LogP contribution in [-0.2, 0) is 0 Å². The number of benzene rings is 2. The first-order valence-electron chi connectivity index (χ1n) is 10.3. The lowest BCUT2D eigenvalue weighted by molar-refractivity contribution is 0.0831. The number of amides is 2. The minimum Gasteiger partial charge on any atom is -0.451 e. The highest BCUT2D eigenvalue weighted by molar-refractivity contribution is 6.01. The Balaban J connectivity index is 1.40. The third kappa shape index (κ3) is 4.25. The summed E-state index contributed by atoms with van der Waals surface area (Å²) in [6.07, 6.45) is 0. The molecule has 1 saturated heterocycles. The molecule has 0 unspecified atom stereocenters. The molecule has 7 nitrogen and oxygen atoms in total. The first kappa shape index (κ1) is 20.9. The Morgan fingerprint density at radius 2 is 1.74 bits per heavy atom. The van der Waals surface area contributed by atoms with Gasteiger partial charge in [-0.3, -0.25) is 20.4 Å². The molecule has 0 aliphatic carbocycles. The van der Waals surface area contributed by atoms with Gasteiger partial charge in [-0.2, -0.15) is 0 Å². The van der Waals surface area contributed by atoms with Crippen molar-refractivity contribution in [3.05, 3.63) is 65.2 Å². The number of nitrogens with zero attached hydrogens (tertiary/aromatic N) is 2. The molecule has 31 heavy (non-hydrogen) atoms. The second-order valence-corrected chi connectivity index (χ2v) is 7.55. The van der Waals surface area contributed by atoms with E-state index in [1.54, 1.807) is 25.1 Å². The molecule has 0 radical (unpaired) electrons. The van der Waals surface area contributed by atoms with Crippen molar-refractivity contribution in [1.82, 2.24) is 15.8 Å². The molecule has 0 saturated carbocycles. The summed E-state index contributed by atoms with van der Waals surface area (Å²) >= 11 is 0. The quantitative estimate of drug-likeness (QED) is 0.630. The van der Waals surface area contributed by atoms with Crippen LogP contribution >= 0.6 is 0 Å². The molecular formula is C23H25FN4O3. The zero-order chi connectivity index (χ0) is 22.0. The number of anilines is 1. The summed E-state index contributed by atoms with van der Waals surface area (Å²) in [4.78, 5) is 29.2. The van der Waals surface area contributed by atoms with E-state index in [-0.39, 0.29) is 11.3 Å². The van der Waals surface area contributed by atoms with E-state index < -0.39 is 17.6 Å². The number of carbonyl (C=O) groups excluding carboxylic acids is 2. The predicted molar refractivity (Wildman–Crippen MR) is 117 cm³/mol. The topological polar surface area (TPSA) is 77.8 Å². The molecule has 0 spiro atoms. The number of hydrogen-bond donors (Lipinski definition) is 2. The van der Waals surface area contributed by atoms with Crippen LogP contribution in [0.4, 0.5) is 10.1 Å². The number of aryl methyl sites for hydroxylation is 1. The Morgan fingerprint density at radius 3 is 2.42 bits per heavy atom. The van der Waals surface area contributed by atoms with Gasteiger partial charge in [-0.25, -0.2) is 4.39 Å². The van der Waals surface area contributed by atoms with Crippen molar-refractivity contribution >= 4 is 28.5 Å². The van der Waals surface area contributed by atoms with Crippen molar-refractivity contribution in [1.29, 1.82) is 0 Å². The Morgan fingerprint density at radius 1 is 1.03 bits per heavy atom. The molecule has 1 aliphatic rings. The number of furan rings is 1. The summed E-state index contributed by atoms with van der Waals surface area (Å²) in [5, 5.41) is 0.830. The number of piperazine rings is 1. The lowest BCUT2D eigenvalue weighted by atomic mass is 10.1. The third-order valence-corrected chi connectivity index (χ3v) is 5.71. The second-order valence-electron chi connectivity index (χ2n) is 7.55. The number of hydrogen-bond acceptors (Lipinski definition) is 5. The highest BCUT2D eigenvalue weighted by Crippen LogP contribution is 2.25. The van der Waals surface area contributed by atoms with Gasteiger partial charge in [-0.15, -0.1) is 0 Å². The van der Waals surface area contributed by atoms with Gasteiger partial charge in [0.05, 0.1) is 5.69 Å². The molecule has 0 bridgehead atoms. The molecule has 1 aliphatic heterocycles. The van der Waals surface area contributed by atoms with Crippen LogP contribution in [0.1, 0.15) is 33.4 Å². The average Bonchev–Trinajstić information content (AvgIpc) is 3.14. The monoisotopic (exact) mass is 424 g/mol. The van der Waals surface area contributed by atoms with E-state index in [4.69, 9.17) is 4.42 Å². The lowest BCUT2D eigenvalue weighted by Crippen LogP contribution is -2.46. The van der Waals surface area contributed by atoms with Gasteiger partial charge in [0.25, 0.3) is 5.91 Å². The van der Waals surface area contributed by atoms with Crippen molar-refractivity contribution in [3.8, 4) is 0 Å². The summed E-state index contributed by atoms with van der Waals surface area (Å²) in [6.45, 7) is 8.10. The first-order chi connectivity index (χ1) is 15.0. The first-order valence-corrected chi connectivity index (χ1v) is 10.3. The fourth-order valence-electron chi connectivity index (χ4n) is 3.84. The molecule has 162 valence electrons. The van der Waals surface area contributed by atoms with Crippen molar-refractivity contribution in [2.45, 2.75) is 13.8 Å². The maximum atomic E-state index is 14.7. The van der Waals surface area contributed by atoms with Crippen molar-refractivity contribution in [2.24, 2.45) is 0 Å². The number of fused-ring (bicyclic) bond motifs is 1. The van der Waals surface area contributed by atoms with Crippen molar-refractivity contribution < 1.29 is 18.4 Å². The highest BCUT2D eigenvalue weighted by atomic mass is 19.1. The minimum atomic E-state index is -0.608. The summed E-state index contributed by atoms with van der Waals surface area (Å²) in [5.74, 6) is -1.53. The second kappa shape index (κ2) is 8.77. The summed E-state index contributed by atoms with van der Waals surface area (Å²) in [6, 6.07) is 11.7. The number of carbonyl (C=O) groups is 2. The fourth-order valence-corrected chi connectivity index (χ4v) is 3.84. The molecule has 1 aromatic heterocycles. The summed E-state index contributed by atoms with van der Waals surface area (Å²) < 4.78 is 20.3. The van der Waals surface area contributed by atoms with Gasteiger partial charge in [-0.05, 0) is 37.7 Å². The number of halogens is 1. The standard InChI is InChI=1S/C23H25FN4O3/c1-3-27-10-12-28(13-11-27)19-9-8-16(14-18(19)24)22(29)25-26-23(30)21-15(2)17-6-4-5-7-20(17)31-21/h4-9,14H,3,10-13H2,1-2H3,(H,25,29)(H,26,30). The fraction of sp³-hybridized carbons (Fsp3) is 0.304. The molecule has 0 atom stereocenters. The van der Waals surface area contributed by atoms with Crippen LogP contribution in [0.5, 0.6) is 0 Å². The molecule has 3 aromatic rings. The third-order valence-electron chi connectivity index (χ3n) is 5.71.